The molecule has 0 aliphatic heterocycles. The van der Waals surface area contributed by atoms with Crippen molar-refractivity contribution in [2.24, 2.45) is 0 Å². The Morgan fingerprint density at radius 2 is 1.39 bits per heavy atom. The van der Waals surface area contributed by atoms with Crippen molar-refractivity contribution >= 4 is 23.6 Å². The van der Waals surface area contributed by atoms with Crippen molar-refractivity contribution in [2.75, 3.05) is 5.75 Å². The molecule has 0 unspecified atom stereocenters. The molecule has 0 aliphatic carbocycles. The summed E-state index contributed by atoms with van der Waals surface area (Å²) >= 11 is 1.60. The highest BCUT2D eigenvalue weighted by Crippen LogP contribution is 2.20. The molecule has 1 N–H and O–H groups in total. The molecular weight excluding hydrogens is 464 g/mol. The third-order valence-corrected chi connectivity index (χ3v) is 6.73. The SMILES string of the molecule is Cc1cc(C)cc(CSCC(=O)N(Cc2ccccc2)[C@H](Cc2ccccc2)C(=O)NC(C)(C)C)c1. The van der Waals surface area contributed by atoms with Crippen LogP contribution in [0.5, 0.6) is 0 Å². The lowest BCUT2D eigenvalue weighted by Gasteiger charge is -2.34. The van der Waals surface area contributed by atoms with E-state index in [0.717, 1.165) is 16.9 Å². The Morgan fingerprint density at radius 1 is 0.833 bits per heavy atom. The quantitative estimate of drug-likeness (QED) is 0.365. The van der Waals surface area contributed by atoms with Crippen LogP contribution < -0.4 is 5.32 Å². The molecule has 3 aromatic carbocycles. The summed E-state index contributed by atoms with van der Waals surface area (Å²) in [6.07, 6.45) is 0.461. The van der Waals surface area contributed by atoms with Crippen LogP contribution in [-0.2, 0) is 28.3 Å². The molecule has 5 heteroatoms. The maximum absolute atomic E-state index is 13.7. The first kappa shape index (κ1) is 27.5. The molecule has 1 atom stereocenters. The molecule has 36 heavy (non-hydrogen) atoms. The first-order valence-electron chi connectivity index (χ1n) is 12.4. The van der Waals surface area contributed by atoms with Gasteiger partial charge in [0.25, 0.3) is 0 Å². The van der Waals surface area contributed by atoms with Gasteiger partial charge < -0.3 is 10.2 Å². The van der Waals surface area contributed by atoms with E-state index in [1.165, 1.54) is 16.7 Å². The van der Waals surface area contributed by atoms with E-state index in [0.29, 0.717) is 18.7 Å². The van der Waals surface area contributed by atoms with Crippen molar-refractivity contribution in [1.29, 1.82) is 0 Å². The highest BCUT2D eigenvalue weighted by Gasteiger charge is 2.32. The maximum atomic E-state index is 13.7. The molecule has 0 bridgehead atoms. The van der Waals surface area contributed by atoms with Gasteiger partial charge in [-0.2, -0.15) is 0 Å². The molecule has 190 valence electrons. The number of thioether (sulfide) groups is 1. The zero-order valence-corrected chi connectivity index (χ0v) is 22.9. The highest BCUT2D eigenvalue weighted by molar-refractivity contribution is 7.99. The summed E-state index contributed by atoms with van der Waals surface area (Å²) in [6, 6.07) is 25.7. The van der Waals surface area contributed by atoms with Crippen molar-refractivity contribution in [3.8, 4) is 0 Å². The first-order valence-corrected chi connectivity index (χ1v) is 13.6. The lowest BCUT2D eigenvalue weighted by molar-refractivity contribution is -0.140. The maximum Gasteiger partial charge on any atom is 0.243 e. The summed E-state index contributed by atoms with van der Waals surface area (Å²) in [4.78, 5) is 29.0. The zero-order valence-electron chi connectivity index (χ0n) is 22.1. The van der Waals surface area contributed by atoms with E-state index in [2.05, 4.69) is 37.4 Å². The molecule has 0 saturated carbocycles. The van der Waals surface area contributed by atoms with E-state index in [4.69, 9.17) is 0 Å². The minimum Gasteiger partial charge on any atom is -0.350 e. The van der Waals surface area contributed by atoms with E-state index in [1.807, 2.05) is 81.4 Å². The average molecular weight is 503 g/mol. The molecule has 0 aromatic heterocycles. The number of hydrogen-bond donors (Lipinski definition) is 1. The summed E-state index contributed by atoms with van der Waals surface area (Å²) in [6.45, 7) is 10.5. The number of carbonyl (C=O) groups excluding carboxylic acids is 2. The number of amides is 2. The van der Waals surface area contributed by atoms with Gasteiger partial charge >= 0.3 is 0 Å². The van der Waals surface area contributed by atoms with Crippen molar-refractivity contribution in [2.45, 2.75) is 64.9 Å². The van der Waals surface area contributed by atoms with Crippen LogP contribution in [0.4, 0.5) is 0 Å². The fourth-order valence-corrected chi connectivity index (χ4v) is 5.12. The second kappa shape index (κ2) is 12.8. The van der Waals surface area contributed by atoms with Gasteiger partial charge in [0, 0.05) is 24.3 Å². The average Bonchev–Trinajstić information content (AvgIpc) is 2.81. The fourth-order valence-electron chi connectivity index (χ4n) is 4.28. The van der Waals surface area contributed by atoms with Crippen LogP contribution in [0.3, 0.4) is 0 Å². The van der Waals surface area contributed by atoms with Crippen molar-refractivity contribution in [1.82, 2.24) is 10.2 Å². The minimum atomic E-state index is -0.610. The fraction of sp³-hybridized carbons (Fsp3) is 0.355. The molecular formula is C31H38N2O2S. The lowest BCUT2D eigenvalue weighted by Crippen LogP contribution is -2.54. The predicted octanol–water partition coefficient (Wildman–Crippen LogP) is 6.09. The van der Waals surface area contributed by atoms with E-state index >= 15 is 0 Å². The zero-order chi connectivity index (χ0) is 26.1. The summed E-state index contributed by atoms with van der Waals surface area (Å²) in [7, 11) is 0. The Bertz CT molecular complexity index is 1120. The van der Waals surface area contributed by atoms with Crippen LogP contribution in [-0.4, -0.2) is 34.0 Å². The van der Waals surface area contributed by atoms with Gasteiger partial charge in [0.05, 0.1) is 5.75 Å². The van der Waals surface area contributed by atoms with Gasteiger partial charge in [-0.05, 0) is 51.3 Å². The third kappa shape index (κ3) is 8.87. The van der Waals surface area contributed by atoms with Gasteiger partial charge in [-0.3, -0.25) is 9.59 Å². The van der Waals surface area contributed by atoms with E-state index in [-0.39, 0.29) is 11.8 Å². The largest absolute Gasteiger partial charge is 0.350 e. The van der Waals surface area contributed by atoms with Gasteiger partial charge in [-0.1, -0.05) is 90.0 Å². The van der Waals surface area contributed by atoms with Crippen LogP contribution in [0.25, 0.3) is 0 Å². The molecule has 0 heterocycles. The van der Waals surface area contributed by atoms with E-state index < -0.39 is 11.6 Å². The Morgan fingerprint density at radius 3 is 1.94 bits per heavy atom. The molecule has 0 spiro atoms. The van der Waals surface area contributed by atoms with Crippen LogP contribution in [0, 0.1) is 13.8 Å². The van der Waals surface area contributed by atoms with E-state index in [1.54, 1.807) is 16.7 Å². The number of nitrogens with one attached hydrogen (secondary N) is 1. The standard InChI is InChI=1S/C31H38N2O2S/c1-23-16-24(2)18-27(17-23)21-36-22-29(34)33(20-26-14-10-7-11-15-26)28(30(35)32-31(3,4)5)19-25-12-8-6-9-13-25/h6-18,28H,19-22H2,1-5H3,(H,32,35)/t28-/m1/s1. The normalized spacial score (nSPS) is 12.1. The second-order valence-electron chi connectivity index (χ2n) is 10.4. The number of benzene rings is 3. The molecule has 0 fully saturated rings. The van der Waals surface area contributed by atoms with Crippen molar-refractivity contribution in [3.05, 3.63) is 107 Å². The Balaban J connectivity index is 1.85. The van der Waals surface area contributed by atoms with Crippen LogP contribution >= 0.6 is 11.8 Å². The Kier molecular flexibility index (Phi) is 9.77. The summed E-state index contributed by atoms with van der Waals surface area (Å²) < 4.78 is 0. The van der Waals surface area contributed by atoms with Gasteiger partial charge in [-0.15, -0.1) is 11.8 Å². The van der Waals surface area contributed by atoms with Gasteiger partial charge in [0.15, 0.2) is 0 Å². The summed E-state index contributed by atoms with van der Waals surface area (Å²) in [5, 5.41) is 3.12. The van der Waals surface area contributed by atoms with Gasteiger partial charge in [-0.25, -0.2) is 0 Å². The van der Waals surface area contributed by atoms with Crippen LogP contribution in [0.15, 0.2) is 78.9 Å². The summed E-state index contributed by atoms with van der Waals surface area (Å²) in [5.74, 6) is 0.909. The first-order chi connectivity index (χ1) is 17.1. The number of hydrogen-bond acceptors (Lipinski definition) is 3. The molecule has 2 amide bonds. The molecule has 0 radical (unpaired) electrons. The van der Waals surface area contributed by atoms with E-state index in [9.17, 15) is 9.59 Å². The number of nitrogens with zero attached hydrogens (tertiary/aromatic N) is 1. The predicted molar refractivity (Wildman–Crippen MR) is 151 cm³/mol. The molecule has 3 rings (SSSR count). The second-order valence-corrected chi connectivity index (χ2v) is 11.4. The Labute approximate surface area is 220 Å². The van der Waals surface area contributed by atoms with Crippen LogP contribution in [0.2, 0.25) is 0 Å². The smallest absolute Gasteiger partial charge is 0.243 e. The molecule has 4 nitrogen and oxygen atoms in total. The lowest BCUT2D eigenvalue weighted by atomic mass is 10.0. The van der Waals surface area contributed by atoms with Crippen LogP contribution in [0.1, 0.15) is 48.6 Å². The Hall–Kier alpha value is -3.05. The molecule has 0 saturated heterocycles. The highest BCUT2D eigenvalue weighted by atomic mass is 32.2. The number of aryl methyl sites for hydroxylation is 2. The molecule has 3 aromatic rings. The number of carbonyl (C=O) groups is 2. The van der Waals surface area contributed by atoms with Crippen molar-refractivity contribution < 1.29 is 9.59 Å². The van der Waals surface area contributed by atoms with Gasteiger partial charge in [0.1, 0.15) is 6.04 Å². The minimum absolute atomic E-state index is 0.0294. The monoisotopic (exact) mass is 502 g/mol. The van der Waals surface area contributed by atoms with Crippen molar-refractivity contribution in [3.63, 3.8) is 0 Å². The summed E-state index contributed by atoms with van der Waals surface area (Å²) in [5.41, 5.74) is 5.30. The number of rotatable bonds is 10. The topological polar surface area (TPSA) is 49.4 Å². The third-order valence-electron chi connectivity index (χ3n) is 5.74. The van der Waals surface area contributed by atoms with Gasteiger partial charge in [0.2, 0.25) is 11.8 Å². The molecule has 0 aliphatic rings.